The number of fused-ring (bicyclic) bond motifs is 3. The van der Waals surface area contributed by atoms with Gasteiger partial charge < -0.3 is 4.74 Å². The van der Waals surface area contributed by atoms with Gasteiger partial charge in [-0.2, -0.15) is 0 Å². The predicted molar refractivity (Wildman–Crippen MR) is 103 cm³/mol. The van der Waals surface area contributed by atoms with Gasteiger partial charge in [-0.1, -0.05) is 24.3 Å². The molecule has 7 heteroatoms. The second-order valence-corrected chi connectivity index (χ2v) is 8.52. The molecule has 0 amide bonds. The number of methoxy groups -OCH3 is 1. The van der Waals surface area contributed by atoms with Crippen LogP contribution in [0.3, 0.4) is 0 Å². The molecule has 0 bridgehead atoms. The van der Waals surface area contributed by atoms with Gasteiger partial charge >= 0.3 is 5.97 Å². The Morgan fingerprint density at radius 1 is 1.44 bits per heavy atom. The first-order valence-corrected chi connectivity index (χ1v) is 10.2. The number of esters is 1. The SMILES string of the molecule is C=CCn1c(S[C@H](C)C(=O)OC)nc2sc3c(c2c1=O)CCCCC3. The zero-order valence-electron chi connectivity index (χ0n) is 14.5. The van der Waals surface area contributed by atoms with Gasteiger partial charge in [-0.05, 0) is 38.2 Å². The Hall–Kier alpha value is -1.60. The highest BCUT2D eigenvalue weighted by molar-refractivity contribution is 8.00. The summed E-state index contributed by atoms with van der Waals surface area (Å²) in [5.74, 6) is -0.327. The van der Waals surface area contributed by atoms with Crippen molar-refractivity contribution in [1.29, 1.82) is 0 Å². The van der Waals surface area contributed by atoms with E-state index in [9.17, 15) is 9.59 Å². The van der Waals surface area contributed by atoms with E-state index in [0.717, 1.165) is 29.5 Å². The van der Waals surface area contributed by atoms with Gasteiger partial charge in [-0.25, -0.2) is 4.98 Å². The molecule has 1 atom stereocenters. The number of allylic oxidation sites excluding steroid dienone is 1. The summed E-state index contributed by atoms with van der Waals surface area (Å²) in [6.45, 7) is 5.89. The van der Waals surface area contributed by atoms with Crippen LogP contribution >= 0.6 is 23.1 Å². The smallest absolute Gasteiger partial charge is 0.318 e. The van der Waals surface area contributed by atoms with Crippen LogP contribution in [0.15, 0.2) is 22.6 Å². The van der Waals surface area contributed by atoms with E-state index in [1.807, 2.05) is 0 Å². The zero-order valence-corrected chi connectivity index (χ0v) is 16.2. The molecule has 0 saturated heterocycles. The summed E-state index contributed by atoms with van der Waals surface area (Å²) in [5, 5.41) is 0.883. The van der Waals surface area contributed by atoms with Crippen molar-refractivity contribution in [3.05, 3.63) is 33.4 Å². The predicted octanol–water partition coefficient (Wildman–Crippen LogP) is 3.57. The second-order valence-electron chi connectivity index (χ2n) is 6.13. The Kier molecular flexibility index (Phi) is 5.64. The molecule has 2 heterocycles. The third kappa shape index (κ3) is 3.53. The van der Waals surface area contributed by atoms with Crippen LogP contribution in [0, 0.1) is 0 Å². The van der Waals surface area contributed by atoms with Crippen LogP contribution in [-0.4, -0.2) is 27.9 Å². The second kappa shape index (κ2) is 7.74. The lowest BCUT2D eigenvalue weighted by molar-refractivity contribution is -0.139. The summed E-state index contributed by atoms with van der Waals surface area (Å²) < 4.78 is 6.41. The van der Waals surface area contributed by atoms with Crippen molar-refractivity contribution in [3.8, 4) is 0 Å². The van der Waals surface area contributed by atoms with E-state index in [2.05, 4.69) is 6.58 Å². The van der Waals surface area contributed by atoms with E-state index in [4.69, 9.17) is 9.72 Å². The van der Waals surface area contributed by atoms with Crippen LogP contribution in [0.2, 0.25) is 0 Å². The van der Waals surface area contributed by atoms with E-state index in [1.54, 1.807) is 28.9 Å². The minimum absolute atomic E-state index is 0.0242. The van der Waals surface area contributed by atoms with Crippen molar-refractivity contribution in [2.75, 3.05) is 7.11 Å². The summed E-state index contributed by atoms with van der Waals surface area (Å²) in [4.78, 5) is 31.7. The van der Waals surface area contributed by atoms with E-state index in [0.29, 0.717) is 11.7 Å². The number of hydrogen-bond donors (Lipinski definition) is 0. The summed E-state index contributed by atoms with van der Waals surface area (Å²) in [7, 11) is 1.36. The van der Waals surface area contributed by atoms with Gasteiger partial charge in [0.05, 0.1) is 12.5 Å². The van der Waals surface area contributed by atoms with Gasteiger partial charge in [-0.3, -0.25) is 14.2 Å². The molecule has 0 saturated carbocycles. The fourth-order valence-electron chi connectivity index (χ4n) is 3.15. The van der Waals surface area contributed by atoms with Crippen LogP contribution < -0.4 is 5.56 Å². The summed E-state index contributed by atoms with van der Waals surface area (Å²) >= 11 is 2.89. The van der Waals surface area contributed by atoms with E-state index in [-0.39, 0.29) is 11.5 Å². The van der Waals surface area contributed by atoms with Crippen molar-refractivity contribution >= 4 is 39.3 Å². The molecule has 0 N–H and O–H groups in total. The average molecular weight is 379 g/mol. The number of carbonyl (C=O) groups is 1. The van der Waals surface area contributed by atoms with Crippen molar-refractivity contribution < 1.29 is 9.53 Å². The van der Waals surface area contributed by atoms with Gasteiger partial charge in [0.25, 0.3) is 5.56 Å². The number of aryl methyl sites for hydroxylation is 2. The highest BCUT2D eigenvalue weighted by Crippen LogP contribution is 2.34. The number of rotatable bonds is 5. The Labute approximate surface area is 155 Å². The topological polar surface area (TPSA) is 61.2 Å². The van der Waals surface area contributed by atoms with E-state index >= 15 is 0 Å². The highest BCUT2D eigenvalue weighted by Gasteiger charge is 2.23. The molecule has 2 aromatic heterocycles. The lowest BCUT2D eigenvalue weighted by Crippen LogP contribution is -2.25. The summed E-state index contributed by atoms with van der Waals surface area (Å²) in [6.07, 6.45) is 7.16. The summed E-state index contributed by atoms with van der Waals surface area (Å²) in [6, 6.07) is 0. The van der Waals surface area contributed by atoms with Gasteiger partial charge in [0.1, 0.15) is 10.1 Å². The fraction of sp³-hybridized carbons (Fsp3) is 0.500. The van der Waals surface area contributed by atoms with Crippen LogP contribution in [-0.2, 0) is 28.9 Å². The van der Waals surface area contributed by atoms with Gasteiger partial charge in [0.2, 0.25) is 0 Å². The standard InChI is InChI=1S/C18H22N2O3S2/c1-4-10-20-16(21)14-12-8-6-5-7-9-13(12)25-15(14)19-18(20)24-11(2)17(22)23-3/h4,11H,1,5-10H2,2-3H3/t11-/m1/s1. The van der Waals surface area contributed by atoms with E-state index < -0.39 is 5.25 Å². The molecule has 0 unspecified atom stereocenters. The largest absolute Gasteiger partial charge is 0.468 e. The van der Waals surface area contributed by atoms with Crippen molar-refractivity contribution in [2.24, 2.45) is 0 Å². The molecule has 25 heavy (non-hydrogen) atoms. The molecular formula is C18H22N2O3S2. The van der Waals surface area contributed by atoms with Crippen LogP contribution in [0.1, 0.15) is 36.6 Å². The van der Waals surface area contributed by atoms with E-state index in [1.165, 1.54) is 42.2 Å². The van der Waals surface area contributed by atoms with Gasteiger partial charge in [-0.15, -0.1) is 17.9 Å². The molecule has 0 aromatic carbocycles. The first kappa shape index (κ1) is 18.2. The number of nitrogens with zero attached hydrogens (tertiary/aromatic N) is 2. The Morgan fingerprint density at radius 3 is 2.92 bits per heavy atom. The maximum Gasteiger partial charge on any atom is 0.318 e. The molecule has 0 spiro atoms. The van der Waals surface area contributed by atoms with Gasteiger partial charge in [0, 0.05) is 11.4 Å². The average Bonchev–Trinajstić information content (AvgIpc) is 2.78. The lowest BCUT2D eigenvalue weighted by atomic mass is 10.1. The number of carbonyl (C=O) groups excluding carboxylic acids is 1. The molecule has 0 fully saturated rings. The van der Waals surface area contributed by atoms with Crippen LogP contribution in [0.4, 0.5) is 0 Å². The molecule has 0 radical (unpaired) electrons. The molecule has 5 nitrogen and oxygen atoms in total. The number of ether oxygens (including phenoxy) is 1. The Balaban J connectivity index is 2.14. The quantitative estimate of drug-likeness (QED) is 0.262. The number of thioether (sulfide) groups is 1. The molecule has 1 aliphatic rings. The fourth-order valence-corrected chi connectivity index (χ4v) is 5.40. The first-order chi connectivity index (χ1) is 12.1. The third-order valence-electron chi connectivity index (χ3n) is 4.42. The Bertz CT molecular complexity index is 869. The van der Waals surface area contributed by atoms with Crippen LogP contribution in [0.25, 0.3) is 10.2 Å². The molecular weight excluding hydrogens is 356 g/mol. The monoisotopic (exact) mass is 378 g/mol. The Morgan fingerprint density at radius 2 is 2.20 bits per heavy atom. The van der Waals surface area contributed by atoms with Crippen LogP contribution in [0.5, 0.6) is 0 Å². The van der Waals surface area contributed by atoms with Crippen molar-refractivity contribution in [3.63, 3.8) is 0 Å². The molecule has 134 valence electrons. The molecule has 3 rings (SSSR count). The number of thiophene rings is 1. The molecule has 1 aliphatic carbocycles. The number of aromatic nitrogens is 2. The first-order valence-electron chi connectivity index (χ1n) is 8.47. The highest BCUT2D eigenvalue weighted by atomic mass is 32.2. The number of hydrogen-bond acceptors (Lipinski definition) is 6. The maximum atomic E-state index is 13.2. The lowest BCUT2D eigenvalue weighted by Gasteiger charge is -2.13. The van der Waals surface area contributed by atoms with Crippen molar-refractivity contribution in [2.45, 2.75) is 56.0 Å². The minimum atomic E-state index is -0.428. The third-order valence-corrected chi connectivity index (χ3v) is 6.67. The normalized spacial score (nSPS) is 15.4. The molecule has 0 aliphatic heterocycles. The molecule has 2 aromatic rings. The maximum absolute atomic E-state index is 13.2. The van der Waals surface area contributed by atoms with Gasteiger partial charge in [0.15, 0.2) is 5.16 Å². The minimum Gasteiger partial charge on any atom is -0.468 e. The van der Waals surface area contributed by atoms with Crippen molar-refractivity contribution in [1.82, 2.24) is 9.55 Å². The zero-order chi connectivity index (χ0) is 18.0. The summed E-state index contributed by atoms with van der Waals surface area (Å²) in [5.41, 5.74) is 1.16.